The summed E-state index contributed by atoms with van der Waals surface area (Å²) in [5.74, 6) is 4.84. The van der Waals surface area contributed by atoms with Gasteiger partial charge in [-0.1, -0.05) is 18.2 Å². The number of likely N-dealkylation sites (N-methyl/N-ethyl adjacent to an activating group) is 1. The van der Waals surface area contributed by atoms with E-state index in [2.05, 4.69) is 24.1 Å². The number of fused-ring (bicyclic) bond motifs is 1. The van der Waals surface area contributed by atoms with Crippen LogP contribution >= 0.6 is 0 Å². The molecule has 1 atom stereocenters. The van der Waals surface area contributed by atoms with Gasteiger partial charge in [0.05, 0.1) is 19.9 Å². The van der Waals surface area contributed by atoms with E-state index >= 15 is 0 Å². The summed E-state index contributed by atoms with van der Waals surface area (Å²) in [7, 11) is 5.47. The molecule has 10 bridgehead atoms. The van der Waals surface area contributed by atoms with Gasteiger partial charge in [-0.15, -0.1) is 0 Å². The lowest BCUT2D eigenvalue weighted by atomic mass is 9.87. The van der Waals surface area contributed by atoms with Crippen LogP contribution in [0.3, 0.4) is 0 Å². The van der Waals surface area contributed by atoms with Gasteiger partial charge in [0.15, 0.2) is 34.5 Å². The lowest BCUT2D eigenvalue weighted by molar-refractivity contribution is 0.218. The van der Waals surface area contributed by atoms with Gasteiger partial charge >= 0.3 is 0 Å². The molecule has 0 fully saturated rings. The van der Waals surface area contributed by atoms with E-state index < -0.39 is 0 Å². The van der Waals surface area contributed by atoms with Gasteiger partial charge in [-0.25, -0.2) is 0 Å². The summed E-state index contributed by atoms with van der Waals surface area (Å²) in [5, 5.41) is 10.7. The van der Waals surface area contributed by atoms with E-state index in [9.17, 15) is 5.11 Å². The lowest BCUT2D eigenvalue weighted by Crippen LogP contribution is -2.34. The number of aliphatic imine (C=N–C) groups is 1. The van der Waals surface area contributed by atoms with E-state index in [-0.39, 0.29) is 11.8 Å². The topological polar surface area (TPSA) is 82.0 Å². The number of hydrogen-bond acceptors (Lipinski definition) is 8. The summed E-state index contributed by atoms with van der Waals surface area (Å²) in [5.41, 5.74) is 7.33. The predicted octanol–water partition coefficient (Wildman–Crippen LogP) is 6.77. The largest absolute Gasteiger partial charge is 0.504 e. The molecule has 8 nitrogen and oxygen atoms in total. The number of benzene rings is 4. The average molecular weight is 577 g/mol. The highest BCUT2D eigenvalue weighted by Crippen LogP contribution is 2.59. The Morgan fingerprint density at radius 2 is 1.53 bits per heavy atom. The van der Waals surface area contributed by atoms with Crippen LogP contribution in [0.2, 0.25) is 0 Å². The summed E-state index contributed by atoms with van der Waals surface area (Å²) < 4.78 is 31.8. The molecule has 1 unspecified atom stereocenters. The third-order valence-corrected chi connectivity index (χ3v) is 9.01. The number of nitrogens with zero attached hydrogens (tertiary/aromatic N) is 2. The molecule has 6 aliphatic rings. The number of ether oxygens (including phenoxy) is 5. The Labute approximate surface area is 250 Å². The molecule has 0 aromatic heterocycles. The van der Waals surface area contributed by atoms with E-state index in [1.807, 2.05) is 36.4 Å². The van der Waals surface area contributed by atoms with Crippen molar-refractivity contribution < 1.29 is 28.8 Å². The molecule has 0 radical (unpaired) electrons. The molecule has 0 saturated heterocycles. The first-order valence-corrected chi connectivity index (χ1v) is 14.7. The molecule has 6 aliphatic heterocycles. The third kappa shape index (κ3) is 4.19. The Balaban J connectivity index is 1.39. The molecular formula is C35H32N2O6. The first-order chi connectivity index (χ1) is 21.0. The highest BCUT2D eigenvalue weighted by Gasteiger charge is 2.39. The van der Waals surface area contributed by atoms with Crippen LogP contribution in [0.25, 0.3) is 0 Å². The fourth-order valence-corrected chi connectivity index (χ4v) is 6.79. The minimum Gasteiger partial charge on any atom is -0.504 e. The molecule has 0 saturated carbocycles. The van der Waals surface area contributed by atoms with Gasteiger partial charge in [0.25, 0.3) is 0 Å². The van der Waals surface area contributed by atoms with Crippen LogP contribution in [-0.2, 0) is 25.7 Å². The number of phenolic OH excluding ortho intramolecular Hbond substituents is 1. The molecule has 0 spiro atoms. The summed E-state index contributed by atoms with van der Waals surface area (Å²) in [6.07, 6.45) is 2.91. The molecule has 0 amide bonds. The van der Waals surface area contributed by atoms with E-state index in [1.54, 1.807) is 20.3 Å². The maximum Gasteiger partial charge on any atom is 0.212 e. The van der Waals surface area contributed by atoms with Gasteiger partial charge < -0.3 is 28.8 Å². The van der Waals surface area contributed by atoms with Crippen LogP contribution in [-0.4, -0.2) is 50.1 Å². The van der Waals surface area contributed by atoms with Crippen molar-refractivity contribution in [1.82, 2.24) is 4.90 Å². The highest BCUT2D eigenvalue weighted by molar-refractivity contribution is 6.07. The van der Waals surface area contributed by atoms with E-state index in [1.165, 1.54) is 0 Å². The molecule has 43 heavy (non-hydrogen) atoms. The molecule has 10 rings (SSSR count). The molecule has 4 aromatic carbocycles. The van der Waals surface area contributed by atoms with Crippen molar-refractivity contribution in [1.29, 1.82) is 0 Å². The molecule has 1 N–H and O–H groups in total. The van der Waals surface area contributed by atoms with Crippen LogP contribution in [0.5, 0.6) is 51.7 Å². The zero-order chi connectivity index (χ0) is 29.2. The van der Waals surface area contributed by atoms with Crippen molar-refractivity contribution >= 4 is 5.71 Å². The van der Waals surface area contributed by atoms with Crippen molar-refractivity contribution in [2.45, 2.75) is 31.7 Å². The Morgan fingerprint density at radius 3 is 2.33 bits per heavy atom. The van der Waals surface area contributed by atoms with Gasteiger partial charge in [-0.05, 0) is 85.0 Å². The smallest absolute Gasteiger partial charge is 0.212 e. The van der Waals surface area contributed by atoms with Crippen LogP contribution in [0.1, 0.15) is 39.4 Å². The minimum atomic E-state index is -0.0233. The first kappa shape index (κ1) is 26.0. The minimum absolute atomic E-state index is 0.0233. The molecule has 0 aliphatic carbocycles. The van der Waals surface area contributed by atoms with Crippen molar-refractivity contribution in [3.63, 3.8) is 0 Å². The summed E-state index contributed by atoms with van der Waals surface area (Å²) in [6.45, 7) is 1.56. The summed E-state index contributed by atoms with van der Waals surface area (Å²) in [6, 6.07) is 17.6. The van der Waals surface area contributed by atoms with Crippen molar-refractivity contribution in [3.05, 3.63) is 88.0 Å². The highest BCUT2D eigenvalue weighted by atomic mass is 16.6. The maximum atomic E-state index is 10.7. The molecule has 4 aromatic rings. The molecule has 6 heterocycles. The third-order valence-electron chi connectivity index (χ3n) is 9.01. The Kier molecular flexibility index (Phi) is 6.01. The van der Waals surface area contributed by atoms with Crippen molar-refractivity contribution in [3.8, 4) is 51.7 Å². The average Bonchev–Trinajstić information content (AvgIpc) is 3.02. The van der Waals surface area contributed by atoms with Gasteiger partial charge in [0.1, 0.15) is 5.75 Å². The van der Waals surface area contributed by atoms with Crippen LogP contribution in [0.15, 0.2) is 59.6 Å². The first-order valence-electron chi connectivity index (χ1n) is 14.7. The van der Waals surface area contributed by atoms with Crippen LogP contribution in [0.4, 0.5) is 0 Å². The monoisotopic (exact) mass is 576 g/mol. The van der Waals surface area contributed by atoms with Gasteiger partial charge in [-0.3, -0.25) is 9.89 Å². The fourth-order valence-electron chi connectivity index (χ4n) is 6.79. The van der Waals surface area contributed by atoms with E-state index in [0.717, 1.165) is 58.5 Å². The predicted molar refractivity (Wildman–Crippen MR) is 162 cm³/mol. The molecule has 218 valence electrons. The standard InChI is InChI=1S/C35H32N2O6/c1-37-13-11-22-18-29(40-3)33-35-31(22)25(37)15-20-6-9-26(38)27(16-20)41-23-7-4-19(5-8-23)14-24-30-21(10-12-36-24)17-28(39-2)32(43-35)34(30)42-33/h4-9,16-18,25,38H,10-15H2,1-3H3. The summed E-state index contributed by atoms with van der Waals surface area (Å²) >= 11 is 0. The van der Waals surface area contributed by atoms with Crippen LogP contribution < -0.4 is 23.7 Å². The fraction of sp³-hybridized carbons (Fsp3) is 0.286. The second kappa shape index (κ2) is 9.95. The van der Waals surface area contributed by atoms with Gasteiger partial charge in [0.2, 0.25) is 11.5 Å². The Morgan fingerprint density at radius 1 is 0.814 bits per heavy atom. The number of hydrogen-bond donors (Lipinski definition) is 1. The van der Waals surface area contributed by atoms with Crippen LogP contribution in [0, 0.1) is 0 Å². The Hall–Kier alpha value is -4.69. The SMILES string of the molecule is COc1cc2c3c4c1Oc1c(c(OC)cc5c1C(Cc1ccc(O)c(c1)Oc1ccc(cc1)CC3=NCC2)N(C)CC5)O4. The normalized spacial score (nSPS) is 18.0. The van der Waals surface area contributed by atoms with Crippen molar-refractivity contribution in [2.75, 3.05) is 34.4 Å². The Bertz CT molecular complexity index is 1810. The van der Waals surface area contributed by atoms with E-state index in [4.69, 9.17) is 28.7 Å². The quantitative estimate of drug-likeness (QED) is 0.248. The maximum absolute atomic E-state index is 10.7. The summed E-state index contributed by atoms with van der Waals surface area (Å²) in [4.78, 5) is 7.31. The zero-order valence-corrected chi connectivity index (χ0v) is 24.4. The zero-order valence-electron chi connectivity index (χ0n) is 24.4. The molecular weight excluding hydrogens is 544 g/mol. The number of aromatic hydroxyl groups is 1. The number of rotatable bonds is 2. The molecule has 8 heteroatoms. The van der Waals surface area contributed by atoms with Crippen molar-refractivity contribution in [2.24, 2.45) is 4.99 Å². The van der Waals surface area contributed by atoms with E-state index in [0.29, 0.717) is 65.4 Å². The second-order valence-corrected chi connectivity index (χ2v) is 11.5. The van der Waals surface area contributed by atoms with Gasteiger partial charge in [-0.2, -0.15) is 0 Å². The number of methoxy groups -OCH3 is 2. The lowest BCUT2D eigenvalue weighted by Gasteiger charge is -2.38. The second-order valence-electron chi connectivity index (χ2n) is 11.5. The van der Waals surface area contributed by atoms with Gasteiger partial charge in [0, 0.05) is 36.7 Å². The number of phenols is 1.